The Morgan fingerprint density at radius 3 is 2.37 bits per heavy atom. The van der Waals surface area contributed by atoms with Crippen molar-refractivity contribution in [3.63, 3.8) is 0 Å². The van der Waals surface area contributed by atoms with E-state index in [1.54, 1.807) is 6.07 Å². The summed E-state index contributed by atoms with van der Waals surface area (Å²) in [6.45, 7) is 3.90. The van der Waals surface area contributed by atoms with E-state index in [0.717, 1.165) is 16.7 Å². The molecule has 0 amide bonds. The van der Waals surface area contributed by atoms with Gasteiger partial charge < -0.3 is 10.2 Å². The third-order valence-electron chi connectivity index (χ3n) is 3.38. The third kappa shape index (κ3) is 2.60. The van der Waals surface area contributed by atoms with Crippen molar-refractivity contribution in [2.45, 2.75) is 19.8 Å². The van der Waals surface area contributed by atoms with Gasteiger partial charge in [0.05, 0.1) is 0 Å². The van der Waals surface area contributed by atoms with E-state index in [9.17, 15) is 9.90 Å². The Morgan fingerprint density at radius 2 is 1.79 bits per heavy atom. The molecule has 0 spiro atoms. The summed E-state index contributed by atoms with van der Waals surface area (Å²) in [7, 11) is 0. The van der Waals surface area contributed by atoms with Crippen molar-refractivity contribution in [1.29, 1.82) is 0 Å². The summed E-state index contributed by atoms with van der Waals surface area (Å²) in [5.74, 6) is -1.21. The zero-order valence-electron chi connectivity index (χ0n) is 10.9. The number of benzene rings is 2. The van der Waals surface area contributed by atoms with Crippen LogP contribution < -0.4 is 0 Å². The summed E-state index contributed by atoms with van der Waals surface area (Å²) in [6.07, 6.45) is 0. The molecular weight excluding hydrogens is 240 g/mol. The Balaban J connectivity index is 2.50. The van der Waals surface area contributed by atoms with Gasteiger partial charge in [-0.05, 0) is 35.7 Å². The summed E-state index contributed by atoms with van der Waals surface area (Å²) in [6, 6.07) is 13.0. The normalized spacial score (nSPS) is 12.1. The predicted molar refractivity (Wildman–Crippen MR) is 73.8 cm³/mol. The van der Waals surface area contributed by atoms with Crippen LogP contribution in [-0.4, -0.2) is 16.2 Å². The molecule has 3 heteroatoms. The molecule has 1 unspecified atom stereocenters. The molecular formula is C16H16O3. The topological polar surface area (TPSA) is 57.5 Å². The highest BCUT2D eigenvalue weighted by molar-refractivity contribution is 5.91. The van der Waals surface area contributed by atoms with E-state index in [1.165, 1.54) is 6.07 Å². The molecule has 0 saturated heterocycles. The van der Waals surface area contributed by atoms with Crippen LogP contribution in [0.25, 0.3) is 0 Å². The maximum atomic E-state index is 11.1. The molecule has 2 N–H and O–H groups in total. The number of aromatic carboxylic acids is 1. The van der Waals surface area contributed by atoms with Crippen LogP contribution >= 0.6 is 0 Å². The number of rotatable bonds is 3. The van der Waals surface area contributed by atoms with Crippen LogP contribution in [0.3, 0.4) is 0 Å². The minimum atomic E-state index is -1.11. The lowest BCUT2D eigenvalue weighted by molar-refractivity contribution is 0.0693. The number of aromatic hydroxyl groups is 1. The second-order valence-corrected chi connectivity index (χ2v) is 4.66. The SMILES string of the molecule is Cc1cc(O)c(C(=O)O)cc1C(C)c1ccccc1. The fourth-order valence-electron chi connectivity index (χ4n) is 2.27. The van der Waals surface area contributed by atoms with E-state index in [0.29, 0.717) is 0 Å². The molecule has 2 aromatic carbocycles. The molecule has 2 rings (SSSR count). The van der Waals surface area contributed by atoms with Gasteiger partial charge in [-0.3, -0.25) is 0 Å². The van der Waals surface area contributed by atoms with Gasteiger partial charge in [0.1, 0.15) is 11.3 Å². The summed E-state index contributed by atoms with van der Waals surface area (Å²) in [4.78, 5) is 11.1. The number of phenols is 1. The van der Waals surface area contributed by atoms with Gasteiger partial charge in [-0.15, -0.1) is 0 Å². The molecule has 0 radical (unpaired) electrons. The highest BCUT2D eigenvalue weighted by Crippen LogP contribution is 2.31. The predicted octanol–water partition coefficient (Wildman–Crippen LogP) is 3.55. The summed E-state index contributed by atoms with van der Waals surface area (Å²) < 4.78 is 0. The van der Waals surface area contributed by atoms with Crippen LogP contribution in [0.4, 0.5) is 0 Å². The van der Waals surface area contributed by atoms with Gasteiger partial charge in [-0.1, -0.05) is 37.3 Å². The number of carboxylic acids is 1. The standard InChI is InChI=1S/C16H16O3/c1-10-8-15(17)14(16(18)19)9-13(10)11(2)12-6-4-3-5-7-12/h3-9,11,17H,1-2H3,(H,18,19). The van der Waals surface area contributed by atoms with Crippen molar-refractivity contribution in [2.24, 2.45) is 0 Å². The second kappa shape index (κ2) is 5.14. The molecule has 1 atom stereocenters. The maximum Gasteiger partial charge on any atom is 0.339 e. The first-order valence-corrected chi connectivity index (χ1v) is 6.12. The Hall–Kier alpha value is -2.29. The molecule has 3 nitrogen and oxygen atoms in total. The van der Waals surface area contributed by atoms with E-state index in [4.69, 9.17) is 5.11 Å². The van der Waals surface area contributed by atoms with Crippen LogP contribution in [-0.2, 0) is 0 Å². The molecule has 0 aromatic heterocycles. The fourth-order valence-corrected chi connectivity index (χ4v) is 2.27. The minimum absolute atomic E-state index is 0.0524. The largest absolute Gasteiger partial charge is 0.507 e. The van der Waals surface area contributed by atoms with Crippen LogP contribution in [0.2, 0.25) is 0 Å². The summed E-state index contributed by atoms with van der Waals surface area (Å²) in [5.41, 5.74) is 2.87. The average Bonchev–Trinajstić information content (AvgIpc) is 2.38. The first-order valence-electron chi connectivity index (χ1n) is 6.12. The van der Waals surface area contributed by atoms with Gasteiger partial charge in [0.2, 0.25) is 0 Å². The lowest BCUT2D eigenvalue weighted by atomic mass is 9.88. The average molecular weight is 256 g/mol. The second-order valence-electron chi connectivity index (χ2n) is 4.66. The number of carboxylic acid groups (broad SMARTS) is 1. The molecule has 0 heterocycles. The zero-order valence-corrected chi connectivity index (χ0v) is 10.9. The Bertz CT molecular complexity index is 603. The summed E-state index contributed by atoms with van der Waals surface area (Å²) >= 11 is 0. The van der Waals surface area contributed by atoms with E-state index >= 15 is 0 Å². The number of hydrogen-bond donors (Lipinski definition) is 2. The maximum absolute atomic E-state index is 11.1. The molecule has 0 bridgehead atoms. The van der Waals surface area contributed by atoms with E-state index < -0.39 is 5.97 Å². The molecule has 0 fully saturated rings. The first-order chi connectivity index (χ1) is 9.00. The smallest absolute Gasteiger partial charge is 0.339 e. The Kier molecular flexibility index (Phi) is 3.56. The van der Waals surface area contributed by atoms with Crippen LogP contribution in [0.1, 0.15) is 39.9 Å². The summed E-state index contributed by atoms with van der Waals surface area (Å²) in [5, 5.41) is 18.7. The van der Waals surface area contributed by atoms with Crippen molar-refractivity contribution in [2.75, 3.05) is 0 Å². The highest BCUT2D eigenvalue weighted by atomic mass is 16.4. The Morgan fingerprint density at radius 1 is 1.16 bits per heavy atom. The third-order valence-corrected chi connectivity index (χ3v) is 3.38. The monoisotopic (exact) mass is 256 g/mol. The fraction of sp³-hybridized carbons (Fsp3) is 0.188. The minimum Gasteiger partial charge on any atom is -0.507 e. The van der Waals surface area contributed by atoms with Crippen molar-refractivity contribution in [3.8, 4) is 5.75 Å². The van der Waals surface area contributed by atoms with Gasteiger partial charge in [0.25, 0.3) is 0 Å². The van der Waals surface area contributed by atoms with Crippen molar-refractivity contribution >= 4 is 5.97 Å². The lowest BCUT2D eigenvalue weighted by Crippen LogP contribution is -2.04. The van der Waals surface area contributed by atoms with Gasteiger partial charge in [0.15, 0.2) is 0 Å². The van der Waals surface area contributed by atoms with Crippen LogP contribution in [0, 0.1) is 6.92 Å². The van der Waals surface area contributed by atoms with E-state index in [1.807, 2.05) is 44.2 Å². The Labute approximate surface area is 112 Å². The zero-order chi connectivity index (χ0) is 14.0. The van der Waals surface area contributed by atoms with E-state index in [-0.39, 0.29) is 17.2 Å². The molecule has 98 valence electrons. The van der Waals surface area contributed by atoms with Crippen molar-refractivity contribution in [1.82, 2.24) is 0 Å². The molecule has 0 aliphatic heterocycles. The molecule has 19 heavy (non-hydrogen) atoms. The van der Waals surface area contributed by atoms with Crippen LogP contribution in [0.5, 0.6) is 5.75 Å². The van der Waals surface area contributed by atoms with E-state index in [2.05, 4.69) is 0 Å². The number of hydrogen-bond acceptors (Lipinski definition) is 2. The number of carbonyl (C=O) groups is 1. The molecule has 0 aliphatic carbocycles. The lowest BCUT2D eigenvalue weighted by Gasteiger charge is -2.16. The number of aryl methyl sites for hydroxylation is 1. The molecule has 0 saturated carbocycles. The van der Waals surface area contributed by atoms with Gasteiger partial charge in [-0.2, -0.15) is 0 Å². The first kappa shape index (κ1) is 13.1. The molecule has 2 aromatic rings. The van der Waals surface area contributed by atoms with Gasteiger partial charge >= 0.3 is 5.97 Å². The quantitative estimate of drug-likeness (QED) is 0.882. The van der Waals surface area contributed by atoms with Crippen LogP contribution in [0.15, 0.2) is 42.5 Å². The van der Waals surface area contributed by atoms with Crippen molar-refractivity contribution in [3.05, 3.63) is 64.7 Å². The van der Waals surface area contributed by atoms with Crippen molar-refractivity contribution < 1.29 is 15.0 Å². The van der Waals surface area contributed by atoms with Gasteiger partial charge in [0, 0.05) is 5.92 Å². The highest BCUT2D eigenvalue weighted by Gasteiger charge is 2.17. The molecule has 0 aliphatic rings. The van der Waals surface area contributed by atoms with Gasteiger partial charge in [-0.25, -0.2) is 4.79 Å².